The van der Waals surface area contributed by atoms with Gasteiger partial charge in [-0.2, -0.15) is 0 Å². The summed E-state index contributed by atoms with van der Waals surface area (Å²) in [6.45, 7) is 6.14. The Bertz CT molecular complexity index is 436. The summed E-state index contributed by atoms with van der Waals surface area (Å²) in [5.74, 6) is 0.942. The van der Waals surface area contributed by atoms with Gasteiger partial charge in [-0.3, -0.25) is 4.90 Å². The van der Waals surface area contributed by atoms with E-state index in [1.807, 2.05) is 0 Å². The van der Waals surface area contributed by atoms with Crippen LogP contribution in [0.15, 0.2) is 30.3 Å². The third-order valence-corrected chi connectivity index (χ3v) is 5.82. The van der Waals surface area contributed by atoms with Gasteiger partial charge in [0.2, 0.25) is 0 Å². The van der Waals surface area contributed by atoms with E-state index < -0.39 is 0 Å². The van der Waals surface area contributed by atoms with Crippen molar-refractivity contribution in [2.45, 2.75) is 64.1 Å². The lowest BCUT2D eigenvalue weighted by atomic mass is 9.85. The molecule has 1 aromatic rings. The lowest BCUT2D eigenvalue weighted by Gasteiger charge is -2.42. The van der Waals surface area contributed by atoms with Crippen LogP contribution < -0.4 is 0 Å². The summed E-state index contributed by atoms with van der Waals surface area (Å²) in [5.41, 5.74) is 1.44. The van der Waals surface area contributed by atoms with Crippen LogP contribution in [-0.4, -0.2) is 42.0 Å². The van der Waals surface area contributed by atoms with Crippen molar-refractivity contribution in [2.75, 3.05) is 20.1 Å². The third kappa shape index (κ3) is 4.11. The molecule has 0 amide bonds. The highest BCUT2D eigenvalue weighted by atomic mass is 15.2. The number of hydrogen-bond donors (Lipinski definition) is 0. The van der Waals surface area contributed by atoms with Crippen LogP contribution in [0.25, 0.3) is 0 Å². The number of benzene rings is 1. The van der Waals surface area contributed by atoms with Gasteiger partial charge in [0.05, 0.1) is 0 Å². The van der Waals surface area contributed by atoms with Crippen molar-refractivity contribution in [3.63, 3.8) is 0 Å². The van der Waals surface area contributed by atoms with E-state index >= 15 is 0 Å². The first-order valence-electron chi connectivity index (χ1n) is 9.20. The summed E-state index contributed by atoms with van der Waals surface area (Å²) >= 11 is 0. The second-order valence-electron chi connectivity index (χ2n) is 7.59. The Balaban J connectivity index is 1.47. The molecular weight excluding hydrogens is 268 g/mol. The van der Waals surface area contributed by atoms with Crippen molar-refractivity contribution < 1.29 is 0 Å². The number of hydrogen-bond acceptors (Lipinski definition) is 2. The normalized spacial score (nSPS) is 28.1. The molecule has 1 saturated carbocycles. The highest BCUT2D eigenvalue weighted by Crippen LogP contribution is 2.29. The zero-order chi connectivity index (χ0) is 15.4. The standard InChI is InChI=1S/C20H32N2/c1-17-7-6-10-20(15-17)22-13-11-19(12-14-22)21(2)16-18-8-4-3-5-9-18/h3-5,8-9,17,19-20H,6-7,10-16H2,1-2H3/t17-,20+/m1/s1. The maximum Gasteiger partial charge on any atom is 0.0233 e. The van der Waals surface area contributed by atoms with Gasteiger partial charge in [0.1, 0.15) is 0 Å². The third-order valence-electron chi connectivity index (χ3n) is 5.82. The Labute approximate surface area is 136 Å². The van der Waals surface area contributed by atoms with E-state index in [1.165, 1.54) is 57.2 Å². The van der Waals surface area contributed by atoms with Crippen LogP contribution in [0.2, 0.25) is 0 Å². The topological polar surface area (TPSA) is 6.48 Å². The molecule has 2 aliphatic rings. The molecule has 0 spiro atoms. The molecule has 2 nitrogen and oxygen atoms in total. The fraction of sp³-hybridized carbons (Fsp3) is 0.700. The summed E-state index contributed by atoms with van der Waals surface area (Å²) in [4.78, 5) is 5.36. The van der Waals surface area contributed by atoms with E-state index in [-0.39, 0.29) is 0 Å². The zero-order valence-corrected chi connectivity index (χ0v) is 14.4. The van der Waals surface area contributed by atoms with Crippen molar-refractivity contribution in [3.05, 3.63) is 35.9 Å². The molecule has 2 heteroatoms. The molecule has 122 valence electrons. The van der Waals surface area contributed by atoms with Crippen LogP contribution in [-0.2, 0) is 6.54 Å². The second-order valence-corrected chi connectivity index (χ2v) is 7.59. The van der Waals surface area contributed by atoms with Crippen molar-refractivity contribution >= 4 is 0 Å². The van der Waals surface area contributed by atoms with Crippen LogP contribution in [0.5, 0.6) is 0 Å². The quantitative estimate of drug-likeness (QED) is 0.824. The van der Waals surface area contributed by atoms with Gasteiger partial charge in [-0.05, 0) is 57.3 Å². The molecule has 2 fully saturated rings. The molecular formula is C20H32N2. The van der Waals surface area contributed by atoms with Crippen LogP contribution >= 0.6 is 0 Å². The van der Waals surface area contributed by atoms with Crippen LogP contribution in [0.1, 0.15) is 51.0 Å². The summed E-state index contributed by atoms with van der Waals surface area (Å²) in [6, 6.07) is 12.5. The minimum absolute atomic E-state index is 0.762. The van der Waals surface area contributed by atoms with Crippen LogP contribution in [0.3, 0.4) is 0 Å². The van der Waals surface area contributed by atoms with Gasteiger partial charge in [0.25, 0.3) is 0 Å². The molecule has 1 aliphatic carbocycles. The van der Waals surface area contributed by atoms with E-state index in [1.54, 1.807) is 0 Å². The lowest BCUT2D eigenvalue weighted by molar-refractivity contribution is 0.0694. The molecule has 0 bridgehead atoms. The first kappa shape index (κ1) is 16.0. The molecule has 2 atom stereocenters. The van der Waals surface area contributed by atoms with Gasteiger partial charge in [-0.1, -0.05) is 50.1 Å². The Morgan fingerprint density at radius 3 is 2.45 bits per heavy atom. The van der Waals surface area contributed by atoms with Gasteiger partial charge in [-0.25, -0.2) is 0 Å². The lowest BCUT2D eigenvalue weighted by Crippen LogP contribution is -2.48. The molecule has 1 heterocycles. The number of piperidine rings is 1. The Morgan fingerprint density at radius 1 is 1.05 bits per heavy atom. The smallest absolute Gasteiger partial charge is 0.0233 e. The summed E-state index contributed by atoms with van der Waals surface area (Å²) < 4.78 is 0. The Hall–Kier alpha value is -0.860. The highest BCUT2D eigenvalue weighted by molar-refractivity contribution is 5.14. The fourth-order valence-corrected chi connectivity index (χ4v) is 4.43. The average Bonchev–Trinajstić information content (AvgIpc) is 2.56. The minimum atomic E-state index is 0.762. The first-order chi connectivity index (χ1) is 10.7. The van der Waals surface area contributed by atoms with E-state index in [4.69, 9.17) is 0 Å². The molecule has 0 unspecified atom stereocenters. The molecule has 0 radical (unpaired) electrons. The molecule has 1 saturated heterocycles. The Kier molecular flexibility index (Phi) is 5.54. The summed E-state index contributed by atoms with van der Waals surface area (Å²) in [7, 11) is 2.30. The van der Waals surface area contributed by atoms with Gasteiger partial charge < -0.3 is 4.90 Å². The highest BCUT2D eigenvalue weighted by Gasteiger charge is 2.29. The molecule has 3 rings (SSSR count). The number of likely N-dealkylation sites (tertiary alicyclic amines) is 1. The van der Waals surface area contributed by atoms with Gasteiger partial charge >= 0.3 is 0 Å². The van der Waals surface area contributed by atoms with Crippen molar-refractivity contribution in [3.8, 4) is 0 Å². The molecule has 0 aromatic heterocycles. The molecule has 0 N–H and O–H groups in total. The maximum atomic E-state index is 2.79. The fourth-order valence-electron chi connectivity index (χ4n) is 4.43. The molecule has 22 heavy (non-hydrogen) atoms. The SMILES string of the molecule is C[C@@H]1CCC[C@H](N2CCC(N(C)Cc3ccccc3)CC2)C1. The first-order valence-corrected chi connectivity index (χ1v) is 9.20. The van der Waals surface area contributed by atoms with E-state index in [0.29, 0.717) is 0 Å². The van der Waals surface area contributed by atoms with Crippen molar-refractivity contribution in [2.24, 2.45) is 5.92 Å². The summed E-state index contributed by atoms with van der Waals surface area (Å²) in [5, 5.41) is 0. The van der Waals surface area contributed by atoms with Crippen LogP contribution in [0, 0.1) is 5.92 Å². The number of nitrogens with zero attached hydrogens (tertiary/aromatic N) is 2. The van der Waals surface area contributed by atoms with E-state index in [0.717, 1.165) is 24.5 Å². The van der Waals surface area contributed by atoms with E-state index in [2.05, 4.69) is 54.1 Å². The van der Waals surface area contributed by atoms with Crippen molar-refractivity contribution in [1.29, 1.82) is 0 Å². The largest absolute Gasteiger partial charge is 0.300 e. The van der Waals surface area contributed by atoms with Gasteiger partial charge in [0, 0.05) is 18.6 Å². The predicted octanol–water partition coefficient (Wildman–Crippen LogP) is 4.16. The average molecular weight is 300 g/mol. The van der Waals surface area contributed by atoms with Gasteiger partial charge in [0.15, 0.2) is 0 Å². The van der Waals surface area contributed by atoms with Gasteiger partial charge in [-0.15, -0.1) is 0 Å². The van der Waals surface area contributed by atoms with Crippen molar-refractivity contribution in [1.82, 2.24) is 9.80 Å². The molecule has 1 aliphatic heterocycles. The van der Waals surface area contributed by atoms with E-state index in [9.17, 15) is 0 Å². The minimum Gasteiger partial charge on any atom is -0.300 e. The number of rotatable bonds is 4. The maximum absolute atomic E-state index is 2.79. The Morgan fingerprint density at radius 2 is 1.77 bits per heavy atom. The second kappa shape index (κ2) is 7.61. The summed E-state index contributed by atoms with van der Waals surface area (Å²) in [6.07, 6.45) is 8.45. The zero-order valence-electron chi connectivity index (χ0n) is 14.4. The predicted molar refractivity (Wildman–Crippen MR) is 93.9 cm³/mol. The molecule has 1 aromatic carbocycles. The monoisotopic (exact) mass is 300 g/mol. The van der Waals surface area contributed by atoms with Crippen LogP contribution in [0.4, 0.5) is 0 Å².